The van der Waals surface area contributed by atoms with E-state index in [1.807, 2.05) is 25.1 Å². The van der Waals surface area contributed by atoms with Gasteiger partial charge in [0, 0.05) is 25.6 Å². The third-order valence-corrected chi connectivity index (χ3v) is 4.45. The van der Waals surface area contributed by atoms with Gasteiger partial charge in [-0.2, -0.15) is 0 Å². The first-order valence-corrected chi connectivity index (χ1v) is 8.31. The Hall–Kier alpha value is -1.71. The van der Waals surface area contributed by atoms with Crippen molar-refractivity contribution in [1.29, 1.82) is 0 Å². The van der Waals surface area contributed by atoms with E-state index in [2.05, 4.69) is 23.2 Å². The highest BCUT2D eigenvalue weighted by atomic mass is 16.5. The largest absolute Gasteiger partial charge is 0.495 e. The van der Waals surface area contributed by atoms with E-state index in [1.54, 1.807) is 7.11 Å². The molecule has 4 nitrogen and oxygen atoms in total. The van der Waals surface area contributed by atoms with Gasteiger partial charge in [0.05, 0.1) is 12.8 Å². The van der Waals surface area contributed by atoms with Crippen LogP contribution < -0.4 is 15.0 Å². The van der Waals surface area contributed by atoms with Crippen molar-refractivity contribution in [2.45, 2.75) is 33.1 Å². The normalized spacial score (nSPS) is 19.0. The van der Waals surface area contributed by atoms with Gasteiger partial charge in [-0.3, -0.25) is 4.79 Å². The van der Waals surface area contributed by atoms with Crippen molar-refractivity contribution in [2.75, 3.05) is 31.6 Å². The monoisotopic (exact) mass is 304 g/mol. The number of methoxy groups -OCH3 is 1. The summed E-state index contributed by atoms with van der Waals surface area (Å²) < 4.78 is 5.44. The molecule has 4 heteroatoms. The van der Waals surface area contributed by atoms with Gasteiger partial charge in [-0.05, 0) is 30.9 Å². The van der Waals surface area contributed by atoms with Crippen LogP contribution in [0.15, 0.2) is 24.3 Å². The minimum atomic E-state index is 0.122. The molecule has 1 N–H and O–H groups in total. The summed E-state index contributed by atoms with van der Waals surface area (Å²) in [5.41, 5.74) is 1.15. The molecule has 1 fully saturated rings. The molecule has 0 aromatic heterocycles. The molecule has 0 saturated carbocycles. The van der Waals surface area contributed by atoms with Gasteiger partial charge in [0.1, 0.15) is 5.75 Å². The third-order valence-electron chi connectivity index (χ3n) is 4.45. The summed E-state index contributed by atoms with van der Waals surface area (Å²) in [7, 11) is 1.71. The van der Waals surface area contributed by atoms with Crippen molar-refractivity contribution in [3.63, 3.8) is 0 Å². The standard InChI is InChI=1S/C18H28N2O2/c1-4-7-14(2)18(21)19-12-15-10-11-20(13-15)16-8-5-6-9-17(16)22-3/h5-6,8-9,14-15H,4,7,10-13H2,1-3H3,(H,19,21)/t14-,15+/m1/s1. The average molecular weight is 304 g/mol. The number of benzene rings is 1. The van der Waals surface area contributed by atoms with E-state index in [0.717, 1.165) is 50.3 Å². The number of carbonyl (C=O) groups excluding carboxylic acids is 1. The molecule has 1 aromatic carbocycles. The highest BCUT2D eigenvalue weighted by Crippen LogP contribution is 2.31. The molecule has 0 aliphatic carbocycles. The number of hydrogen-bond donors (Lipinski definition) is 1. The van der Waals surface area contributed by atoms with Crippen LogP contribution in [0.1, 0.15) is 33.1 Å². The molecule has 1 saturated heterocycles. The van der Waals surface area contributed by atoms with Crippen LogP contribution in [0.3, 0.4) is 0 Å². The summed E-state index contributed by atoms with van der Waals surface area (Å²) in [6.45, 7) is 6.90. The van der Waals surface area contributed by atoms with Crippen LogP contribution in [0.2, 0.25) is 0 Å². The average Bonchev–Trinajstić information content (AvgIpc) is 3.01. The molecule has 1 aliphatic heterocycles. The Labute approximate surface area is 133 Å². The lowest BCUT2D eigenvalue weighted by Gasteiger charge is -2.21. The van der Waals surface area contributed by atoms with Crippen molar-refractivity contribution in [2.24, 2.45) is 11.8 Å². The molecule has 2 atom stereocenters. The van der Waals surface area contributed by atoms with Gasteiger partial charge in [-0.1, -0.05) is 32.4 Å². The van der Waals surface area contributed by atoms with E-state index < -0.39 is 0 Å². The first kappa shape index (κ1) is 16.7. The summed E-state index contributed by atoms with van der Waals surface area (Å²) in [4.78, 5) is 14.3. The number of nitrogens with zero attached hydrogens (tertiary/aromatic N) is 1. The van der Waals surface area contributed by atoms with Crippen molar-refractivity contribution in [3.8, 4) is 5.75 Å². The molecule has 0 spiro atoms. The molecule has 0 unspecified atom stereocenters. The van der Waals surface area contributed by atoms with E-state index in [4.69, 9.17) is 4.74 Å². The number of hydrogen-bond acceptors (Lipinski definition) is 3. The second-order valence-electron chi connectivity index (χ2n) is 6.21. The zero-order valence-electron chi connectivity index (χ0n) is 14.0. The summed E-state index contributed by atoms with van der Waals surface area (Å²) >= 11 is 0. The smallest absolute Gasteiger partial charge is 0.222 e. The fourth-order valence-corrected chi connectivity index (χ4v) is 3.09. The SMILES string of the molecule is CCC[C@@H](C)C(=O)NC[C@@H]1CCN(c2ccccc2OC)C1. The van der Waals surface area contributed by atoms with Crippen LogP contribution in [0.4, 0.5) is 5.69 Å². The minimum absolute atomic E-state index is 0.122. The predicted octanol–water partition coefficient (Wildman–Crippen LogP) is 3.07. The number of ether oxygens (including phenoxy) is 1. The lowest BCUT2D eigenvalue weighted by Crippen LogP contribution is -2.34. The maximum atomic E-state index is 12.0. The number of anilines is 1. The van der Waals surface area contributed by atoms with E-state index in [1.165, 1.54) is 0 Å². The number of amides is 1. The maximum Gasteiger partial charge on any atom is 0.222 e. The van der Waals surface area contributed by atoms with Crippen molar-refractivity contribution in [1.82, 2.24) is 5.32 Å². The van der Waals surface area contributed by atoms with Crippen LogP contribution in [0, 0.1) is 11.8 Å². The summed E-state index contributed by atoms with van der Waals surface area (Å²) in [5, 5.41) is 3.11. The number of nitrogens with one attached hydrogen (secondary N) is 1. The molecule has 22 heavy (non-hydrogen) atoms. The van der Waals surface area contributed by atoms with Gasteiger partial charge in [0.25, 0.3) is 0 Å². The lowest BCUT2D eigenvalue weighted by molar-refractivity contribution is -0.124. The minimum Gasteiger partial charge on any atom is -0.495 e. The van der Waals surface area contributed by atoms with E-state index >= 15 is 0 Å². The van der Waals surface area contributed by atoms with Gasteiger partial charge >= 0.3 is 0 Å². The highest BCUT2D eigenvalue weighted by Gasteiger charge is 2.25. The first-order valence-electron chi connectivity index (χ1n) is 8.31. The summed E-state index contributed by atoms with van der Waals surface area (Å²) in [6.07, 6.45) is 3.13. The molecule has 0 bridgehead atoms. The Bertz CT molecular complexity index is 490. The van der Waals surface area contributed by atoms with Crippen LogP contribution in [0.25, 0.3) is 0 Å². The molecule has 1 amide bonds. The molecule has 1 aliphatic rings. The zero-order chi connectivity index (χ0) is 15.9. The van der Waals surface area contributed by atoms with Crippen LogP contribution >= 0.6 is 0 Å². The van der Waals surface area contributed by atoms with Crippen molar-refractivity contribution < 1.29 is 9.53 Å². The number of rotatable bonds is 7. The summed E-state index contributed by atoms with van der Waals surface area (Å²) in [5.74, 6) is 1.75. The maximum absolute atomic E-state index is 12.0. The summed E-state index contributed by atoms with van der Waals surface area (Å²) in [6, 6.07) is 8.13. The second-order valence-corrected chi connectivity index (χ2v) is 6.21. The van der Waals surface area contributed by atoms with Gasteiger partial charge in [0.15, 0.2) is 0 Å². The quantitative estimate of drug-likeness (QED) is 0.841. The van der Waals surface area contributed by atoms with Crippen molar-refractivity contribution in [3.05, 3.63) is 24.3 Å². The number of carbonyl (C=O) groups is 1. The Morgan fingerprint density at radius 3 is 2.95 bits per heavy atom. The van der Waals surface area contributed by atoms with E-state index in [-0.39, 0.29) is 11.8 Å². The number of para-hydroxylation sites is 2. The fraction of sp³-hybridized carbons (Fsp3) is 0.611. The predicted molar refractivity (Wildman–Crippen MR) is 90.4 cm³/mol. The first-order chi connectivity index (χ1) is 10.7. The van der Waals surface area contributed by atoms with Gasteiger partial charge in [-0.25, -0.2) is 0 Å². The highest BCUT2D eigenvalue weighted by molar-refractivity contribution is 5.78. The Morgan fingerprint density at radius 2 is 2.23 bits per heavy atom. The Morgan fingerprint density at radius 1 is 1.45 bits per heavy atom. The van der Waals surface area contributed by atoms with Crippen molar-refractivity contribution >= 4 is 11.6 Å². The fourth-order valence-electron chi connectivity index (χ4n) is 3.09. The molecule has 1 aromatic rings. The van der Waals surface area contributed by atoms with Gasteiger partial charge in [-0.15, -0.1) is 0 Å². The second kappa shape index (κ2) is 8.06. The molecule has 0 radical (unpaired) electrons. The zero-order valence-corrected chi connectivity index (χ0v) is 14.0. The van der Waals surface area contributed by atoms with E-state index in [0.29, 0.717) is 5.92 Å². The topological polar surface area (TPSA) is 41.6 Å². The molecule has 1 heterocycles. The van der Waals surface area contributed by atoms with Crippen LogP contribution in [-0.2, 0) is 4.79 Å². The third kappa shape index (κ3) is 4.15. The lowest BCUT2D eigenvalue weighted by atomic mass is 10.0. The molecule has 122 valence electrons. The van der Waals surface area contributed by atoms with Crippen LogP contribution in [0.5, 0.6) is 5.75 Å². The molecular weight excluding hydrogens is 276 g/mol. The molecular formula is C18H28N2O2. The van der Waals surface area contributed by atoms with Gasteiger partial charge in [0.2, 0.25) is 5.91 Å². The molecule has 2 rings (SSSR count). The van der Waals surface area contributed by atoms with E-state index in [9.17, 15) is 4.79 Å². The Kier molecular flexibility index (Phi) is 6.10. The van der Waals surface area contributed by atoms with Gasteiger partial charge < -0.3 is 15.0 Å². The van der Waals surface area contributed by atoms with Crippen LogP contribution in [-0.4, -0.2) is 32.7 Å². The Balaban J connectivity index is 1.84.